The van der Waals surface area contributed by atoms with Crippen LogP contribution in [-0.4, -0.2) is 20.2 Å². The summed E-state index contributed by atoms with van der Waals surface area (Å²) < 4.78 is 5.76. The number of para-hydroxylation sites is 2. The summed E-state index contributed by atoms with van der Waals surface area (Å²) in [7, 11) is 0. The van der Waals surface area contributed by atoms with Crippen LogP contribution in [0.15, 0.2) is 64.2 Å². The van der Waals surface area contributed by atoms with Crippen molar-refractivity contribution in [3.8, 4) is 11.6 Å². The number of hydrogen-bond donors (Lipinski definition) is 0. The van der Waals surface area contributed by atoms with Crippen LogP contribution in [0.5, 0.6) is 0 Å². The number of benzene rings is 2. The Morgan fingerprint density at radius 3 is 2.38 bits per heavy atom. The van der Waals surface area contributed by atoms with E-state index in [-0.39, 0.29) is 0 Å². The van der Waals surface area contributed by atoms with Crippen molar-refractivity contribution in [3.05, 3.63) is 65.9 Å². The number of fused-ring (bicyclic) bond motifs is 1. The highest BCUT2D eigenvalue weighted by atomic mass is 32.2. The van der Waals surface area contributed by atoms with Gasteiger partial charge in [-0.3, -0.25) is 0 Å². The molecule has 0 aliphatic rings. The number of thioether (sulfide) groups is 1. The monoisotopic (exact) mass is 334 g/mol. The second-order valence-electron chi connectivity index (χ2n) is 5.29. The van der Waals surface area contributed by atoms with Crippen LogP contribution in [0.25, 0.3) is 22.6 Å². The lowest BCUT2D eigenvalue weighted by Crippen LogP contribution is -1.94. The van der Waals surface area contributed by atoms with E-state index in [0.29, 0.717) is 16.8 Å². The van der Waals surface area contributed by atoms with Crippen molar-refractivity contribution in [3.63, 3.8) is 0 Å². The molecule has 4 aromatic rings. The molecule has 0 bridgehead atoms. The zero-order valence-electron chi connectivity index (χ0n) is 13.0. The zero-order valence-corrected chi connectivity index (χ0v) is 13.8. The molecule has 2 aromatic heterocycles. The average Bonchev–Trinajstić information content (AvgIpc) is 3.09. The second-order valence-corrected chi connectivity index (χ2v) is 6.22. The third kappa shape index (κ3) is 3.00. The molecule has 0 aliphatic carbocycles. The minimum atomic E-state index is 0.404. The van der Waals surface area contributed by atoms with Gasteiger partial charge in [0.15, 0.2) is 0 Å². The minimum Gasteiger partial charge on any atom is -0.410 e. The van der Waals surface area contributed by atoms with Crippen LogP contribution in [0.3, 0.4) is 0 Å². The molecule has 0 amide bonds. The first-order chi connectivity index (χ1) is 11.8. The predicted molar refractivity (Wildman–Crippen MR) is 93.6 cm³/mol. The van der Waals surface area contributed by atoms with Gasteiger partial charge >= 0.3 is 0 Å². The van der Waals surface area contributed by atoms with Gasteiger partial charge in [0.25, 0.3) is 11.1 Å². The summed E-state index contributed by atoms with van der Waals surface area (Å²) >= 11 is 1.51. The van der Waals surface area contributed by atoms with Crippen LogP contribution in [0.4, 0.5) is 0 Å². The van der Waals surface area contributed by atoms with E-state index < -0.39 is 0 Å². The van der Waals surface area contributed by atoms with E-state index >= 15 is 0 Å². The Hall–Kier alpha value is -2.73. The zero-order chi connectivity index (χ0) is 16.4. The number of aryl methyl sites for hydroxylation is 1. The van der Waals surface area contributed by atoms with Gasteiger partial charge in [-0.2, -0.15) is 0 Å². The molecule has 0 N–H and O–H groups in total. The molecule has 24 heavy (non-hydrogen) atoms. The number of aromatic nitrogens is 4. The normalized spacial score (nSPS) is 11.0. The summed E-state index contributed by atoms with van der Waals surface area (Å²) in [6.45, 7) is 1.90. The molecule has 6 heteroatoms. The minimum absolute atomic E-state index is 0.404. The van der Waals surface area contributed by atoms with E-state index in [0.717, 1.165) is 22.5 Å². The maximum Gasteiger partial charge on any atom is 0.277 e. The topological polar surface area (TPSA) is 64.7 Å². The van der Waals surface area contributed by atoms with Crippen LogP contribution in [0, 0.1) is 6.92 Å². The lowest BCUT2D eigenvalue weighted by molar-refractivity contribution is 0.464. The Labute approximate surface area is 143 Å². The quantitative estimate of drug-likeness (QED) is 0.519. The van der Waals surface area contributed by atoms with Gasteiger partial charge in [0.1, 0.15) is 5.69 Å². The SMILES string of the molecule is Cc1nc2ccccc2nc1-c1nnc(SCc2ccccc2)o1. The standard InChI is InChI=1S/C18H14N4OS/c1-12-16(20-15-10-6-5-9-14(15)19-12)17-21-22-18(23-17)24-11-13-7-3-2-4-8-13/h2-10H,11H2,1H3. The molecule has 2 aromatic carbocycles. The molecule has 0 unspecified atom stereocenters. The van der Waals surface area contributed by atoms with E-state index in [9.17, 15) is 0 Å². The van der Waals surface area contributed by atoms with Gasteiger partial charge in [-0.15, -0.1) is 10.2 Å². The van der Waals surface area contributed by atoms with E-state index in [1.807, 2.05) is 49.4 Å². The van der Waals surface area contributed by atoms with Crippen LogP contribution in [0.2, 0.25) is 0 Å². The Kier molecular flexibility index (Phi) is 3.96. The highest BCUT2D eigenvalue weighted by Crippen LogP contribution is 2.26. The third-order valence-corrected chi connectivity index (χ3v) is 4.45. The fraction of sp³-hybridized carbons (Fsp3) is 0.111. The summed E-state index contributed by atoms with van der Waals surface area (Å²) in [4.78, 5) is 9.17. The Morgan fingerprint density at radius 1 is 0.875 bits per heavy atom. The molecule has 0 saturated heterocycles. The van der Waals surface area contributed by atoms with Crippen molar-refractivity contribution in [2.24, 2.45) is 0 Å². The summed E-state index contributed by atoms with van der Waals surface area (Å²) in [6, 6.07) is 17.9. The van der Waals surface area contributed by atoms with Crippen molar-refractivity contribution in [1.82, 2.24) is 20.2 Å². The molecular formula is C18H14N4OS. The van der Waals surface area contributed by atoms with Crippen LogP contribution in [0.1, 0.15) is 11.3 Å². The van der Waals surface area contributed by atoms with E-state index in [1.54, 1.807) is 0 Å². The maximum absolute atomic E-state index is 5.76. The predicted octanol–water partition coefficient (Wildman–Crippen LogP) is 4.28. The molecule has 2 heterocycles. The average molecular weight is 334 g/mol. The lowest BCUT2D eigenvalue weighted by Gasteiger charge is -2.02. The molecule has 0 saturated carbocycles. The molecule has 4 rings (SSSR count). The molecule has 118 valence electrons. The van der Waals surface area contributed by atoms with Crippen molar-refractivity contribution >= 4 is 22.8 Å². The molecular weight excluding hydrogens is 320 g/mol. The van der Waals surface area contributed by atoms with Crippen molar-refractivity contribution in [2.45, 2.75) is 17.9 Å². The molecule has 0 radical (unpaired) electrons. The summed E-state index contributed by atoms with van der Waals surface area (Å²) in [5, 5.41) is 8.76. The molecule has 0 atom stereocenters. The lowest BCUT2D eigenvalue weighted by atomic mass is 10.2. The number of rotatable bonds is 4. The van der Waals surface area contributed by atoms with Crippen LogP contribution in [-0.2, 0) is 5.75 Å². The number of hydrogen-bond acceptors (Lipinski definition) is 6. The van der Waals surface area contributed by atoms with Crippen molar-refractivity contribution in [1.29, 1.82) is 0 Å². The molecule has 5 nitrogen and oxygen atoms in total. The smallest absolute Gasteiger partial charge is 0.277 e. The first kappa shape index (κ1) is 14.8. The Balaban J connectivity index is 1.59. The summed E-state index contributed by atoms with van der Waals surface area (Å²) in [5.41, 5.74) is 4.29. The van der Waals surface area contributed by atoms with Gasteiger partial charge in [0.05, 0.1) is 16.7 Å². The third-order valence-electron chi connectivity index (χ3n) is 3.56. The molecule has 0 aliphatic heterocycles. The van der Waals surface area contributed by atoms with Gasteiger partial charge in [0, 0.05) is 5.75 Å². The fourth-order valence-electron chi connectivity index (χ4n) is 2.37. The van der Waals surface area contributed by atoms with Crippen molar-refractivity contribution < 1.29 is 4.42 Å². The van der Waals surface area contributed by atoms with Gasteiger partial charge in [-0.1, -0.05) is 54.2 Å². The van der Waals surface area contributed by atoms with Gasteiger partial charge < -0.3 is 4.42 Å². The fourth-order valence-corrected chi connectivity index (χ4v) is 3.09. The second kappa shape index (κ2) is 6.41. The first-order valence-corrected chi connectivity index (χ1v) is 8.52. The van der Waals surface area contributed by atoms with E-state index in [4.69, 9.17) is 4.42 Å². The van der Waals surface area contributed by atoms with Crippen LogP contribution < -0.4 is 0 Å². The van der Waals surface area contributed by atoms with Gasteiger partial charge in [-0.05, 0) is 24.6 Å². The largest absolute Gasteiger partial charge is 0.410 e. The Bertz CT molecular complexity index is 985. The molecule has 0 spiro atoms. The molecule has 0 fully saturated rings. The first-order valence-electron chi connectivity index (χ1n) is 7.53. The highest BCUT2D eigenvalue weighted by molar-refractivity contribution is 7.98. The van der Waals surface area contributed by atoms with E-state index in [2.05, 4.69) is 32.3 Å². The number of nitrogens with zero attached hydrogens (tertiary/aromatic N) is 4. The van der Waals surface area contributed by atoms with E-state index in [1.165, 1.54) is 17.3 Å². The van der Waals surface area contributed by atoms with Gasteiger partial charge in [-0.25, -0.2) is 9.97 Å². The Morgan fingerprint density at radius 2 is 1.58 bits per heavy atom. The van der Waals surface area contributed by atoms with Crippen molar-refractivity contribution in [2.75, 3.05) is 0 Å². The summed E-state index contributed by atoms with van der Waals surface area (Å²) in [6.07, 6.45) is 0. The maximum atomic E-state index is 5.76. The summed E-state index contributed by atoms with van der Waals surface area (Å²) in [5.74, 6) is 1.19. The highest BCUT2D eigenvalue weighted by Gasteiger charge is 2.15. The van der Waals surface area contributed by atoms with Crippen LogP contribution >= 0.6 is 11.8 Å². The van der Waals surface area contributed by atoms with Gasteiger partial charge in [0.2, 0.25) is 0 Å².